The minimum atomic E-state index is -0.727. The third-order valence-electron chi connectivity index (χ3n) is 5.58. The lowest BCUT2D eigenvalue weighted by Crippen LogP contribution is -2.12. The summed E-state index contributed by atoms with van der Waals surface area (Å²) in [6.07, 6.45) is 6.97. The van der Waals surface area contributed by atoms with E-state index in [0.717, 1.165) is 25.7 Å². The summed E-state index contributed by atoms with van der Waals surface area (Å²) in [7, 11) is 0. The number of unbranched alkanes of at least 4 members (excludes halogenated alkanes) is 2. The van der Waals surface area contributed by atoms with Crippen molar-refractivity contribution in [2.45, 2.75) is 25.7 Å². The molecule has 0 spiro atoms. The summed E-state index contributed by atoms with van der Waals surface area (Å²) in [6.45, 7) is 8.37. The highest BCUT2D eigenvalue weighted by molar-refractivity contribution is 5.93. The maximum Gasteiger partial charge on any atom is 0.343 e. The van der Waals surface area contributed by atoms with Crippen LogP contribution in [0.4, 0.5) is 0 Å². The van der Waals surface area contributed by atoms with Crippen molar-refractivity contribution in [2.75, 3.05) is 13.2 Å². The number of hydrogen-bond donors (Lipinski definition) is 0. The highest BCUT2D eigenvalue weighted by Crippen LogP contribution is 2.31. The van der Waals surface area contributed by atoms with E-state index in [1.807, 2.05) is 24.3 Å². The standard InChI is InChI=1S/C32H28N2O6/c1-3-5-7-19-37-25-13-9-23(10-14-25)31(35)39-29-17-18-30(28(22-34)27(29)21-33)40-32(36)24-11-15-26(16-12-24)38-20-8-6-4-2/h3-4,9-18H,1-2,5-8,19-20H2. The van der Waals surface area contributed by atoms with Crippen molar-refractivity contribution in [3.63, 3.8) is 0 Å². The molecule has 0 aromatic heterocycles. The SMILES string of the molecule is C=CCCCOc1ccc(C(=O)Oc2ccc(OC(=O)c3ccc(OCCCC=C)cc3)c(C#N)c2C#N)cc1. The molecule has 8 heteroatoms. The predicted molar refractivity (Wildman–Crippen MR) is 149 cm³/mol. The largest absolute Gasteiger partial charge is 0.494 e. The molecular weight excluding hydrogens is 508 g/mol. The predicted octanol–water partition coefficient (Wildman–Crippen LogP) is 6.56. The number of ether oxygens (including phenoxy) is 4. The van der Waals surface area contributed by atoms with Gasteiger partial charge in [-0.1, -0.05) is 12.2 Å². The van der Waals surface area contributed by atoms with Gasteiger partial charge in [0.05, 0.1) is 24.3 Å². The number of hydrogen-bond acceptors (Lipinski definition) is 8. The Balaban J connectivity index is 1.68. The van der Waals surface area contributed by atoms with E-state index in [1.165, 1.54) is 36.4 Å². The van der Waals surface area contributed by atoms with Crippen LogP contribution in [0.3, 0.4) is 0 Å². The van der Waals surface area contributed by atoms with Crippen molar-refractivity contribution >= 4 is 11.9 Å². The number of esters is 2. The lowest BCUT2D eigenvalue weighted by atomic mass is 10.1. The van der Waals surface area contributed by atoms with Gasteiger partial charge in [-0.05, 0) is 86.3 Å². The maximum absolute atomic E-state index is 12.7. The first kappa shape index (κ1) is 29.2. The van der Waals surface area contributed by atoms with Crippen LogP contribution in [0.5, 0.6) is 23.0 Å². The zero-order valence-corrected chi connectivity index (χ0v) is 21.9. The average Bonchev–Trinajstić information content (AvgIpc) is 2.98. The molecule has 0 aliphatic heterocycles. The first-order valence-electron chi connectivity index (χ1n) is 12.6. The van der Waals surface area contributed by atoms with E-state index in [9.17, 15) is 20.1 Å². The quantitative estimate of drug-likeness (QED) is 0.0984. The van der Waals surface area contributed by atoms with Crippen molar-refractivity contribution in [1.82, 2.24) is 0 Å². The topological polar surface area (TPSA) is 119 Å². The molecule has 3 aromatic carbocycles. The molecule has 0 saturated carbocycles. The average molecular weight is 537 g/mol. The van der Waals surface area contributed by atoms with Gasteiger partial charge in [-0.2, -0.15) is 10.5 Å². The molecule has 0 saturated heterocycles. The Morgan fingerprint density at radius 3 is 1.35 bits per heavy atom. The van der Waals surface area contributed by atoms with E-state index in [2.05, 4.69) is 13.2 Å². The smallest absolute Gasteiger partial charge is 0.343 e. The van der Waals surface area contributed by atoms with Gasteiger partial charge in [0.2, 0.25) is 0 Å². The second-order valence-corrected chi connectivity index (χ2v) is 8.42. The first-order chi connectivity index (χ1) is 19.5. The van der Waals surface area contributed by atoms with Crippen molar-refractivity contribution in [1.29, 1.82) is 10.5 Å². The van der Waals surface area contributed by atoms with Gasteiger partial charge in [-0.25, -0.2) is 9.59 Å². The molecule has 0 radical (unpaired) electrons. The van der Waals surface area contributed by atoms with Crippen LogP contribution in [0.15, 0.2) is 86.0 Å². The fourth-order valence-electron chi connectivity index (χ4n) is 3.48. The van der Waals surface area contributed by atoms with Gasteiger partial charge in [0.15, 0.2) is 11.5 Å². The second kappa shape index (κ2) is 15.2. The normalized spacial score (nSPS) is 9.95. The summed E-state index contributed by atoms with van der Waals surface area (Å²) in [6, 6.07) is 19.0. The molecular formula is C32H28N2O6. The third-order valence-corrected chi connectivity index (χ3v) is 5.58. The Bertz CT molecular complexity index is 1320. The first-order valence-corrected chi connectivity index (χ1v) is 12.6. The van der Waals surface area contributed by atoms with Gasteiger partial charge < -0.3 is 18.9 Å². The van der Waals surface area contributed by atoms with Gasteiger partial charge >= 0.3 is 11.9 Å². The number of nitriles is 2. The van der Waals surface area contributed by atoms with Gasteiger partial charge in [-0.3, -0.25) is 0 Å². The van der Waals surface area contributed by atoms with Crippen LogP contribution in [-0.4, -0.2) is 25.2 Å². The molecule has 0 amide bonds. The summed E-state index contributed by atoms with van der Waals surface area (Å²) >= 11 is 0. The van der Waals surface area contributed by atoms with E-state index >= 15 is 0 Å². The second-order valence-electron chi connectivity index (χ2n) is 8.42. The molecule has 40 heavy (non-hydrogen) atoms. The van der Waals surface area contributed by atoms with Crippen LogP contribution >= 0.6 is 0 Å². The van der Waals surface area contributed by atoms with Gasteiger partial charge in [0.25, 0.3) is 0 Å². The molecule has 3 aromatic rings. The number of rotatable bonds is 14. The zero-order valence-electron chi connectivity index (χ0n) is 21.9. The van der Waals surface area contributed by atoms with Crippen molar-refractivity contribution in [2.24, 2.45) is 0 Å². The fraction of sp³-hybridized carbons (Fsp3) is 0.188. The van der Waals surface area contributed by atoms with E-state index < -0.39 is 11.9 Å². The Hall–Kier alpha value is -5.34. The van der Waals surface area contributed by atoms with Crippen LogP contribution in [-0.2, 0) is 0 Å². The summed E-state index contributed by atoms with van der Waals surface area (Å²) in [4.78, 5) is 25.4. The van der Waals surface area contributed by atoms with Gasteiger partial charge in [-0.15, -0.1) is 13.2 Å². The number of carbonyl (C=O) groups excluding carboxylic acids is 2. The molecule has 0 unspecified atom stereocenters. The molecule has 0 atom stereocenters. The maximum atomic E-state index is 12.7. The van der Waals surface area contributed by atoms with Crippen LogP contribution in [0.2, 0.25) is 0 Å². The molecule has 0 aliphatic rings. The molecule has 0 heterocycles. The third kappa shape index (κ3) is 8.08. The summed E-state index contributed by atoms with van der Waals surface area (Å²) in [5.41, 5.74) is -0.00728. The number of benzene rings is 3. The number of allylic oxidation sites excluding steroid dienone is 2. The van der Waals surface area contributed by atoms with E-state index in [1.54, 1.807) is 24.3 Å². The molecule has 202 valence electrons. The lowest BCUT2D eigenvalue weighted by Gasteiger charge is -2.12. The monoisotopic (exact) mass is 536 g/mol. The Morgan fingerprint density at radius 1 is 0.650 bits per heavy atom. The number of carbonyl (C=O) groups is 2. The lowest BCUT2D eigenvalue weighted by molar-refractivity contribution is 0.0718. The van der Waals surface area contributed by atoms with E-state index in [-0.39, 0.29) is 33.8 Å². The van der Waals surface area contributed by atoms with Crippen molar-refractivity contribution in [3.8, 4) is 35.1 Å². The Labute approximate surface area is 233 Å². The summed E-state index contributed by atoms with van der Waals surface area (Å²) in [5.74, 6) is -0.521. The van der Waals surface area contributed by atoms with Crippen molar-refractivity contribution < 1.29 is 28.5 Å². The zero-order chi connectivity index (χ0) is 28.7. The highest BCUT2D eigenvalue weighted by atomic mass is 16.5. The molecule has 0 bridgehead atoms. The summed E-state index contributed by atoms with van der Waals surface area (Å²) in [5, 5.41) is 19.4. The van der Waals surface area contributed by atoms with E-state index in [4.69, 9.17) is 18.9 Å². The molecule has 8 nitrogen and oxygen atoms in total. The Kier molecular flexibility index (Phi) is 11.1. The van der Waals surface area contributed by atoms with Crippen LogP contribution in [0.1, 0.15) is 57.5 Å². The van der Waals surface area contributed by atoms with E-state index in [0.29, 0.717) is 24.7 Å². The van der Waals surface area contributed by atoms with Crippen molar-refractivity contribution in [3.05, 3.63) is 108 Å². The highest BCUT2D eigenvalue weighted by Gasteiger charge is 2.21. The molecule has 0 N–H and O–H groups in total. The minimum absolute atomic E-state index is 0.133. The van der Waals surface area contributed by atoms with Crippen LogP contribution < -0.4 is 18.9 Å². The minimum Gasteiger partial charge on any atom is -0.494 e. The van der Waals surface area contributed by atoms with Gasteiger partial charge in [0.1, 0.15) is 34.8 Å². The van der Waals surface area contributed by atoms with Crippen LogP contribution in [0, 0.1) is 22.7 Å². The molecule has 0 aliphatic carbocycles. The number of nitrogens with zero attached hydrogens (tertiary/aromatic N) is 2. The fourth-order valence-corrected chi connectivity index (χ4v) is 3.48. The summed E-state index contributed by atoms with van der Waals surface area (Å²) < 4.78 is 22.0. The molecule has 0 fully saturated rings. The van der Waals surface area contributed by atoms with Crippen LogP contribution in [0.25, 0.3) is 0 Å². The van der Waals surface area contributed by atoms with Gasteiger partial charge in [0, 0.05) is 0 Å². The Morgan fingerprint density at radius 2 is 1.02 bits per heavy atom. The molecule has 3 rings (SSSR count).